The predicted octanol–water partition coefficient (Wildman–Crippen LogP) is 8.66. The van der Waals surface area contributed by atoms with Gasteiger partial charge in [-0.15, -0.1) is 0 Å². The molecular weight excluding hydrogens is 563 g/mol. The van der Waals surface area contributed by atoms with E-state index in [-0.39, 0.29) is 12.5 Å². The summed E-state index contributed by atoms with van der Waals surface area (Å²) < 4.78 is 29.5. The zero-order chi connectivity index (χ0) is 32.2. The molecule has 0 heterocycles. The maximum absolute atomic E-state index is 12.7. The van der Waals surface area contributed by atoms with E-state index in [1.54, 1.807) is 6.92 Å². The van der Waals surface area contributed by atoms with Crippen LogP contribution in [0, 0.1) is 0 Å². The third-order valence-corrected chi connectivity index (χ3v) is 8.85. The van der Waals surface area contributed by atoms with Crippen LogP contribution in [0.25, 0.3) is 0 Å². The summed E-state index contributed by atoms with van der Waals surface area (Å²) in [5.74, 6) is -0.221. The van der Waals surface area contributed by atoms with Crippen LogP contribution >= 0.6 is 7.82 Å². The molecule has 0 bridgehead atoms. The first kappa shape index (κ1) is 42.5. The highest BCUT2D eigenvalue weighted by molar-refractivity contribution is 7.45. The Hall–Kier alpha value is -0.500. The van der Waals surface area contributed by atoms with Gasteiger partial charge >= 0.3 is 0 Å². The Morgan fingerprint density at radius 3 is 1.56 bits per heavy atom. The molecule has 0 aliphatic rings. The molecule has 43 heavy (non-hydrogen) atoms. The van der Waals surface area contributed by atoms with Gasteiger partial charge in [-0.1, -0.05) is 136 Å². The molecule has 1 amide bonds. The van der Waals surface area contributed by atoms with Gasteiger partial charge in [-0.2, -0.15) is 0 Å². The maximum atomic E-state index is 12.7. The first-order valence-electron chi connectivity index (χ1n) is 17.9. The molecule has 0 aromatic heterocycles. The Bertz CT molecular complexity index is 688. The molecule has 3 atom stereocenters. The lowest BCUT2D eigenvalue weighted by Crippen LogP contribution is -2.45. The zero-order valence-corrected chi connectivity index (χ0v) is 30.1. The second kappa shape index (κ2) is 27.8. The van der Waals surface area contributed by atoms with Crippen LogP contribution in [0.4, 0.5) is 0 Å². The van der Waals surface area contributed by atoms with E-state index < -0.39 is 20.2 Å². The number of ether oxygens (including phenoxy) is 1. The van der Waals surface area contributed by atoms with Crippen LogP contribution < -0.4 is 10.2 Å². The minimum absolute atomic E-state index is 0.0110. The van der Waals surface area contributed by atoms with Crippen LogP contribution in [0.5, 0.6) is 0 Å². The van der Waals surface area contributed by atoms with E-state index in [1.807, 2.05) is 21.1 Å². The maximum Gasteiger partial charge on any atom is 0.270 e. The molecule has 0 saturated carbocycles. The number of carbonyl (C=O) groups is 1. The number of quaternary nitrogens is 1. The molecule has 0 aliphatic heterocycles. The van der Waals surface area contributed by atoms with Crippen molar-refractivity contribution in [2.75, 3.05) is 40.9 Å². The number of phosphoric ester groups is 1. The summed E-state index contributed by atoms with van der Waals surface area (Å²) >= 11 is 0. The quantitative estimate of drug-likeness (QED) is 0.0344. The average Bonchev–Trinajstić information content (AvgIpc) is 2.93. The van der Waals surface area contributed by atoms with Crippen molar-refractivity contribution < 1.29 is 32.5 Å². The first-order chi connectivity index (χ1) is 20.5. The number of amides is 1. The number of phosphoric acid groups is 1. The summed E-state index contributed by atoms with van der Waals surface area (Å²) in [6, 6.07) is 0. The largest absolute Gasteiger partial charge is 0.756 e. The topological polar surface area (TPSA) is 96.9 Å². The Morgan fingerprint density at radius 2 is 1.12 bits per heavy atom. The van der Waals surface area contributed by atoms with Gasteiger partial charge < -0.3 is 24.0 Å². The number of nitrogens with one attached hydrogen (secondary N) is 1. The number of nitrogens with zero attached hydrogens (tertiary/aromatic N) is 1. The smallest absolute Gasteiger partial charge is 0.270 e. The fraction of sp³-hybridized carbons (Fsp3) is 0.971. The zero-order valence-electron chi connectivity index (χ0n) is 29.2. The third-order valence-electron chi connectivity index (χ3n) is 7.87. The minimum Gasteiger partial charge on any atom is -0.756 e. The van der Waals surface area contributed by atoms with Crippen molar-refractivity contribution in [1.82, 2.24) is 5.32 Å². The fourth-order valence-electron chi connectivity index (χ4n) is 4.95. The van der Waals surface area contributed by atoms with Crippen LogP contribution in [-0.4, -0.2) is 63.6 Å². The van der Waals surface area contributed by atoms with Crippen LogP contribution in [-0.2, 0) is 23.1 Å². The van der Waals surface area contributed by atoms with E-state index in [9.17, 15) is 14.3 Å². The van der Waals surface area contributed by atoms with E-state index in [2.05, 4.69) is 19.2 Å². The van der Waals surface area contributed by atoms with Gasteiger partial charge in [-0.25, -0.2) is 0 Å². The van der Waals surface area contributed by atoms with E-state index in [4.69, 9.17) is 13.8 Å². The minimum atomic E-state index is -4.62. The van der Waals surface area contributed by atoms with E-state index in [0.29, 0.717) is 24.1 Å². The van der Waals surface area contributed by atoms with E-state index >= 15 is 0 Å². The molecule has 0 radical (unpaired) electrons. The third kappa shape index (κ3) is 29.9. The molecule has 1 N–H and O–H groups in total. The number of hydrogen-bond acceptors (Lipinski definition) is 6. The Morgan fingerprint density at radius 1 is 0.698 bits per heavy atom. The molecule has 0 saturated heterocycles. The standard InChI is InChI=1S/C34H71N2O6P/c1-7-9-11-13-15-16-17-18-19-20-21-22-23-24-26-28-33(37)35-34(32(3)40-30-27-25-14-12-10-8-2)42-43(38,39)41-31-29-36(4,5)6/h32,34H,7-31H2,1-6H3,(H-,35,37,38,39). The molecule has 0 aromatic carbocycles. The van der Waals surface area contributed by atoms with Gasteiger partial charge in [0, 0.05) is 13.0 Å². The molecule has 3 unspecified atom stereocenters. The molecule has 0 spiro atoms. The number of unbranched alkanes of at least 4 members (excludes halogenated alkanes) is 19. The monoisotopic (exact) mass is 635 g/mol. The highest BCUT2D eigenvalue weighted by atomic mass is 31.2. The lowest BCUT2D eigenvalue weighted by Gasteiger charge is -2.32. The first-order valence-corrected chi connectivity index (χ1v) is 19.3. The average molecular weight is 635 g/mol. The number of rotatable bonds is 32. The van der Waals surface area contributed by atoms with Gasteiger partial charge in [0.1, 0.15) is 13.2 Å². The van der Waals surface area contributed by atoms with E-state index in [0.717, 1.165) is 38.5 Å². The van der Waals surface area contributed by atoms with Gasteiger partial charge in [0.05, 0.1) is 27.2 Å². The van der Waals surface area contributed by atoms with Gasteiger partial charge in [-0.05, 0) is 19.8 Å². The molecular formula is C34H71N2O6P. The van der Waals surface area contributed by atoms with Crippen LogP contribution in [0.1, 0.15) is 162 Å². The molecule has 0 aromatic rings. The molecule has 9 heteroatoms. The van der Waals surface area contributed by atoms with Crippen molar-refractivity contribution in [1.29, 1.82) is 0 Å². The SMILES string of the molecule is CCCCCCCCCCCCCCCCCC(=O)NC(OP(=O)([O-])OCC[N+](C)(C)C)C(C)OCCCCCCCC. The van der Waals surface area contributed by atoms with Gasteiger partial charge in [0.15, 0.2) is 6.23 Å². The van der Waals surface area contributed by atoms with Crippen molar-refractivity contribution in [3.63, 3.8) is 0 Å². The van der Waals surface area contributed by atoms with Crippen LogP contribution in [0.3, 0.4) is 0 Å². The van der Waals surface area contributed by atoms with Crippen molar-refractivity contribution in [3.05, 3.63) is 0 Å². The van der Waals surface area contributed by atoms with Gasteiger partial charge in [-0.3, -0.25) is 13.9 Å². The van der Waals surface area contributed by atoms with Crippen molar-refractivity contribution in [2.45, 2.75) is 174 Å². The summed E-state index contributed by atoms with van der Waals surface area (Å²) in [5, 5.41) is 2.76. The summed E-state index contributed by atoms with van der Waals surface area (Å²) in [6.45, 7) is 7.21. The summed E-state index contributed by atoms with van der Waals surface area (Å²) in [5.41, 5.74) is 0. The Labute approximate surface area is 266 Å². The predicted molar refractivity (Wildman–Crippen MR) is 178 cm³/mol. The Balaban J connectivity index is 4.35. The molecule has 0 fully saturated rings. The molecule has 0 rings (SSSR count). The highest BCUT2D eigenvalue weighted by Crippen LogP contribution is 2.40. The number of hydrogen-bond donors (Lipinski definition) is 1. The van der Waals surface area contributed by atoms with Crippen LogP contribution in [0.2, 0.25) is 0 Å². The highest BCUT2D eigenvalue weighted by Gasteiger charge is 2.26. The second-order valence-electron chi connectivity index (χ2n) is 13.4. The lowest BCUT2D eigenvalue weighted by molar-refractivity contribution is -0.870. The number of carbonyl (C=O) groups excluding carboxylic acids is 1. The van der Waals surface area contributed by atoms with Crippen molar-refractivity contribution in [2.24, 2.45) is 0 Å². The number of likely N-dealkylation sites (N-methyl/N-ethyl adjacent to an activating group) is 1. The lowest BCUT2D eigenvalue weighted by atomic mass is 10.0. The summed E-state index contributed by atoms with van der Waals surface area (Å²) in [7, 11) is 1.25. The fourth-order valence-corrected chi connectivity index (χ4v) is 5.82. The second-order valence-corrected chi connectivity index (χ2v) is 14.8. The molecule has 258 valence electrons. The summed E-state index contributed by atoms with van der Waals surface area (Å²) in [6.07, 6.45) is 24.4. The van der Waals surface area contributed by atoms with Gasteiger partial charge in [0.25, 0.3) is 7.82 Å². The normalized spacial score (nSPS) is 14.9. The Kier molecular flexibility index (Phi) is 27.5. The van der Waals surface area contributed by atoms with Crippen LogP contribution in [0.15, 0.2) is 0 Å². The van der Waals surface area contributed by atoms with Crippen molar-refractivity contribution in [3.8, 4) is 0 Å². The van der Waals surface area contributed by atoms with Gasteiger partial charge in [0.2, 0.25) is 5.91 Å². The summed E-state index contributed by atoms with van der Waals surface area (Å²) in [4.78, 5) is 25.3. The van der Waals surface area contributed by atoms with Crippen molar-refractivity contribution >= 4 is 13.7 Å². The molecule has 8 nitrogen and oxygen atoms in total. The van der Waals surface area contributed by atoms with E-state index in [1.165, 1.54) is 96.3 Å². The molecule has 0 aliphatic carbocycles.